The van der Waals surface area contributed by atoms with Crippen LogP contribution in [0.5, 0.6) is 5.75 Å². The van der Waals surface area contributed by atoms with Crippen LogP contribution < -0.4 is 10.1 Å². The molecule has 0 amide bonds. The summed E-state index contributed by atoms with van der Waals surface area (Å²) in [6, 6.07) is 4.50. The monoisotopic (exact) mass is 287 g/mol. The SMILES string of the molecule is CCCNC(c1cnn(C)c1)c1cc(C)c(OC)cc1C. The lowest BCUT2D eigenvalue weighted by molar-refractivity contribution is 0.411. The molecule has 0 aliphatic heterocycles. The van der Waals surface area contributed by atoms with Crippen LogP contribution in [-0.2, 0) is 7.05 Å². The summed E-state index contributed by atoms with van der Waals surface area (Å²) in [7, 11) is 3.67. The number of ether oxygens (including phenoxy) is 1. The zero-order valence-corrected chi connectivity index (χ0v) is 13.6. The molecule has 4 heteroatoms. The number of benzene rings is 1. The molecule has 114 valence electrons. The van der Waals surface area contributed by atoms with Gasteiger partial charge in [-0.05, 0) is 49.6 Å². The number of hydrogen-bond acceptors (Lipinski definition) is 3. The van der Waals surface area contributed by atoms with Crippen molar-refractivity contribution in [2.24, 2.45) is 7.05 Å². The Morgan fingerprint density at radius 2 is 2.05 bits per heavy atom. The van der Waals surface area contributed by atoms with Gasteiger partial charge in [0.05, 0.1) is 19.3 Å². The van der Waals surface area contributed by atoms with Gasteiger partial charge in [0.15, 0.2) is 0 Å². The predicted octanol–water partition coefficient (Wildman–Crippen LogP) is 3.13. The Kier molecular flexibility index (Phi) is 5.02. The molecule has 0 aliphatic rings. The number of hydrogen-bond donors (Lipinski definition) is 1. The minimum absolute atomic E-state index is 0.170. The van der Waals surface area contributed by atoms with Crippen LogP contribution in [0.3, 0.4) is 0 Å². The van der Waals surface area contributed by atoms with Crippen molar-refractivity contribution in [3.63, 3.8) is 0 Å². The topological polar surface area (TPSA) is 39.1 Å². The van der Waals surface area contributed by atoms with Gasteiger partial charge in [0.25, 0.3) is 0 Å². The molecule has 0 saturated carbocycles. The lowest BCUT2D eigenvalue weighted by atomic mass is 9.94. The van der Waals surface area contributed by atoms with Gasteiger partial charge >= 0.3 is 0 Å². The van der Waals surface area contributed by atoms with E-state index in [0.717, 1.165) is 24.3 Å². The van der Waals surface area contributed by atoms with E-state index in [2.05, 4.69) is 49.5 Å². The zero-order valence-electron chi connectivity index (χ0n) is 13.6. The first-order valence-corrected chi connectivity index (χ1v) is 7.43. The second-order valence-corrected chi connectivity index (χ2v) is 5.51. The summed E-state index contributed by atoms with van der Waals surface area (Å²) in [5.41, 5.74) is 4.87. The second-order valence-electron chi connectivity index (χ2n) is 5.51. The Balaban J connectivity index is 2.43. The maximum absolute atomic E-state index is 5.41. The lowest BCUT2D eigenvalue weighted by Crippen LogP contribution is -2.23. The molecule has 2 aromatic rings. The molecular weight excluding hydrogens is 262 g/mol. The first-order valence-electron chi connectivity index (χ1n) is 7.43. The van der Waals surface area contributed by atoms with Crippen molar-refractivity contribution in [2.75, 3.05) is 13.7 Å². The van der Waals surface area contributed by atoms with Crippen molar-refractivity contribution in [3.8, 4) is 5.75 Å². The van der Waals surface area contributed by atoms with E-state index in [1.54, 1.807) is 7.11 Å². The highest BCUT2D eigenvalue weighted by Gasteiger charge is 2.18. The molecule has 0 spiro atoms. The quantitative estimate of drug-likeness (QED) is 0.887. The fourth-order valence-electron chi connectivity index (χ4n) is 2.63. The molecule has 21 heavy (non-hydrogen) atoms. The minimum atomic E-state index is 0.170. The molecular formula is C17H25N3O. The third-order valence-electron chi connectivity index (χ3n) is 3.75. The fraction of sp³-hybridized carbons (Fsp3) is 0.471. The van der Waals surface area contributed by atoms with Gasteiger partial charge in [-0.3, -0.25) is 4.68 Å². The second kappa shape index (κ2) is 6.76. The predicted molar refractivity (Wildman–Crippen MR) is 85.8 cm³/mol. The van der Waals surface area contributed by atoms with Crippen molar-refractivity contribution >= 4 is 0 Å². The zero-order chi connectivity index (χ0) is 15.4. The molecule has 0 bridgehead atoms. The largest absolute Gasteiger partial charge is 0.496 e. The molecule has 1 aromatic heterocycles. The van der Waals surface area contributed by atoms with Crippen LogP contribution in [0.25, 0.3) is 0 Å². The van der Waals surface area contributed by atoms with Crippen LogP contribution in [0, 0.1) is 13.8 Å². The molecule has 1 unspecified atom stereocenters. The minimum Gasteiger partial charge on any atom is -0.496 e. The first kappa shape index (κ1) is 15.6. The number of aryl methyl sites for hydroxylation is 3. The number of methoxy groups -OCH3 is 1. The standard InChI is InChI=1S/C17H25N3O/c1-6-7-18-17(14-10-19-20(4)11-14)15-8-13(3)16(21-5)9-12(15)2/h8-11,17-18H,6-7H2,1-5H3. The summed E-state index contributed by atoms with van der Waals surface area (Å²) in [4.78, 5) is 0. The Labute approximate surface area is 127 Å². The number of aromatic nitrogens is 2. The van der Waals surface area contributed by atoms with Crippen LogP contribution >= 0.6 is 0 Å². The smallest absolute Gasteiger partial charge is 0.122 e. The Morgan fingerprint density at radius 3 is 2.62 bits per heavy atom. The van der Waals surface area contributed by atoms with Crippen molar-refractivity contribution < 1.29 is 4.74 Å². The van der Waals surface area contributed by atoms with E-state index in [1.807, 2.05) is 17.9 Å². The van der Waals surface area contributed by atoms with Gasteiger partial charge in [0, 0.05) is 18.8 Å². The van der Waals surface area contributed by atoms with Crippen molar-refractivity contribution in [1.82, 2.24) is 15.1 Å². The molecule has 1 N–H and O–H groups in total. The van der Waals surface area contributed by atoms with Gasteiger partial charge in [-0.15, -0.1) is 0 Å². The summed E-state index contributed by atoms with van der Waals surface area (Å²) in [5, 5.41) is 7.94. The molecule has 0 saturated heterocycles. The van der Waals surface area contributed by atoms with E-state index in [-0.39, 0.29) is 6.04 Å². The van der Waals surface area contributed by atoms with Crippen LogP contribution in [0.1, 0.15) is 41.6 Å². The highest BCUT2D eigenvalue weighted by atomic mass is 16.5. The van der Waals surface area contributed by atoms with Crippen molar-refractivity contribution in [1.29, 1.82) is 0 Å². The molecule has 4 nitrogen and oxygen atoms in total. The summed E-state index contributed by atoms with van der Waals surface area (Å²) >= 11 is 0. The Hall–Kier alpha value is -1.81. The highest BCUT2D eigenvalue weighted by molar-refractivity contribution is 5.45. The van der Waals surface area contributed by atoms with Gasteiger partial charge in [0.2, 0.25) is 0 Å². The van der Waals surface area contributed by atoms with E-state index in [0.29, 0.717) is 0 Å². The van der Waals surface area contributed by atoms with Crippen molar-refractivity contribution in [2.45, 2.75) is 33.2 Å². The third kappa shape index (κ3) is 3.45. The summed E-state index contributed by atoms with van der Waals surface area (Å²) < 4.78 is 7.26. The molecule has 0 radical (unpaired) electrons. The summed E-state index contributed by atoms with van der Waals surface area (Å²) in [6.07, 6.45) is 5.11. The lowest BCUT2D eigenvalue weighted by Gasteiger charge is -2.21. The summed E-state index contributed by atoms with van der Waals surface area (Å²) in [6.45, 7) is 7.37. The van der Waals surface area contributed by atoms with Crippen LogP contribution in [0.2, 0.25) is 0 Å². The molecule has 1 heterocycles. The third-order valence-corrected chi connectivity index (χ3v) is 3.75. The molecule has 2 rings (SSSR count). The molecule has 0 fully saturated rings. The maximum Gasteiger partial charge on any atom is 0.122 e. The van der Waals surface area contributed by atoms with Crippen molar-refractivity contribution in [3.05, 3.63) is 46.8 Å². The molecule has 1 atom stereocenters. The number of nitrogens with zero attached hydrogens (tertiary/aromatic N) is 2. The van der Waals surface area contributed by atoms with E-state index in [4.69, 9.17) is 4.74 Å². The highest BCUT2D eigenvalue weighted by Crippen LogP contribution is 2.30. The summed E-state index contributed by atoms with van der Waals surface area (Å²) in [5.74, 6) is 0.941. The Bertz CT molecular complexity index is 604. The van der Waals surface area contributed by atoms with Crippen LogP contribution in [0.4, 0.5) is 0 Å². The first-order chi connectivity index (χ1) is 10.1. The Morgan fingerprint density at radius 1 is 1.29 bits per heavy atom. The van der Waals surface area contributed by atoms with Gasteiger partial charge < -0.3 is 10.1 Å². The average Bonchev–Trinajstić information content (AvgIpc) is 2.89. The van der Waals surface area contributed by atoms with E-state index < -0.39 is 0 Å². The van der Waals surface area contributed by atoms with Gasteiger partial charge in [0.1, 0.15) is 5.75 Å². The van der Waals surface area contributed by atoms with Crippen LogP contribution in [0.15, 0.2) is 24.5 Å². The number of nitrogens with one attached hydrogen (secondary N) is 1. The van der Waals surface area contributed by atoms with E-state index in [9.17, 15) is 0 Å². The normalized spacial score (nSPS) is 12.4. The van der Waals surface area contributed by atoms with Gasteiger partial charge in [-0.25, -0.2) is 0 Å². The van der Waals surface area contributed by atoms with Crippen LogP contribution in [-0.4, -0.2) is 23.4 Å². The maximum atomic E-state index is 5.41. The molecule has 0 aliphatic carbocycles. The van der Waals surface area contributed by atoms with E-state index >= 15 is 0 Å². The van der Waals surface area contributed by atoms with Gasteiger partial charge in [-0.2, -0.15) is 5.10 Å². The number of rotatable bonds is 6. The van der Waals surface area contributed by atoms with Gasteiger partial charge in [-0.1, -0.05) is 13.0 Å². The molecule has 1 aromatic carbocycles. The fourth-order valence-corrected chi connectivity index (χ4v) is 2.63. The average molecular weight is 287 g/mol. The van der Waals surface area contributed by atoms with E-state index in [1.165, 1.54) is 16.7 Å².